The van der Waals surface area contributed by atoms with Crippen molar-refractivity contribution in [3.05, 3.63) is 46.9 Å². The number of carboxylic acids is 1. The molecule has 2 aromatic rings. The van der Waals surface area contributed by atoms with Crippen LogP contribution in [-0.4, -0.2) is 74.2 Å². The topological polar surface area (TPSA) is 206 Å². The maximum absolute atomic E-state index is 13.2. The molecule has 3 amide bonds. The van der Waals surface area contributed by atoms with Gasteiger partial charge >= 0.3 is 5.97 Å². The standard InChI is InChI=1S/C22H22N8O6S2/c23-11-2-1-5-29(7-11)6-10-8-37-20-15(19(33)30(20)16(10)21(34)35)27-18(32)14(12-9-38-22(24)26-12)28-36-13-3-4-25-17(13)31/h1-2,5,7,9,13,15,20H,3-4,6,8,23H2,(H4-,24,25,26,27,31,32,34,35)/p+1/b28-14-/t13-,15+,20-/m0/s1. The Kier molecular flexibility index (Phi) is 6.90. The number of thioether (sulfide) groups is 1. The number of nitrogens with two attached hydrogens (primary N) is 2. The smallest absolute Gasteiger partial charge is 0.352 e. The van der Waals surface area contributed by atoms with Gasteiger partial charge in [-0.3, -0.25) is 19.3 Å². The Hall–Kier alpha value is -4.18. The molecule has 0 aromatic carbocycles. The summed E-state index contributed by atoms with van der Waals surface area (Å²) in [6, 6.07) is 2.46. The number of nitrogens with one attached hydrogen (secondary N) is 2. The van der Waals surface area contributed by atoms with Crippen LogP contribution >= 0.6 is 23.1 Å². The van der Waals surface area contributed by atoms with Crippen LogP contribution in [0.1, 0.15) is 12.1 Å². The molecule has 3 aliphatic rings. The fourth-order valence-electron chi connectivity index (χ4n) is 4.26. The molecule has 2 aromatic heterocycles. The van der Waals surface area contributed by atoms with Crippen molar-refractivity contribution in [2.45, 2.75) is 30.5 Å². The molecular formula is C22H23N8O6S2+. The van der Waals surface area contributed by atoms with Crippen molar-refractivity contribution in [1.82, 2.24) is 20.5 Å². The molecule has 2 saturated heterocycles. The Morgan fingerprint density at radius 2 is 2.18 bits per heavy atom. The third-order valence-corrected chi connectivity index (χ3v) is 8.05. The van der Waals surface area contributed by atoms with Gasteiger partial charge in [-0.25, -0.2) is 9.78 Å². The first-order chi connectivity index (χ1) is 18.2. The number of carboxylic acid groups (broad SMARTS) is 1. The summed E-state index contributed by atoms with van der Waals surface area (Å²) in [5.74, 6) is -2.61. The number of nitrogens with zero attached hydrogens (tertiary/aromatic N) is 4. The number of carbonyl (C=O) groups excluding carboxylic acids is 3. The van der Waals surface area contributed by atoms with Crippen molar-refractivity contribution in [2.24, 2.45) is 5.16 Å². The number of thiazole rings is 1. The van der Waals surface area contributed by atoms with Gasteiger partial charge in [0, 0.05) is 35.7 Å². The fraction of sp³-hybridized carbons (Fsp3) is 0.318. The second-order valence-corrected chi connectivity index (χ2v) is 10.6. The van der Waals surface area contributed by atoms with Gasteiger partial charge in [-0.05, 0) is 6.07 Å². The second-order valence-electron chi connectivity index (χ2n) is 8.61. The van der Waals surface area contributed by atoms with E-state index < -0.39 is 35.3 Å². The predicted molar refractivity (Wildman–Crippen MR) is 136 cm³/mol. The highest BCUT2D eigenvalue weighted by Crippen LogP contribution is 2.40. The lowest BCUT2D eigenvalue weighted by atomic mass is 10.0. The second kappa shape index (κ2) is 10.3. The maximum atomic E-state index is 13.2. The molecule has 14 nitrogen and oxygen atoms in total. The Balaban J connectivity index is 1.34. The third kappa shape index (κ3) is 4.87. The Bertz CT molecular complexity index is 1390. The molecule has 0 spiro atoms. The summed E-state index contributed by atoms with van der Waals surface area (Å²) in [5.41, 5.74) is 12.3. The Morgan fingerprint density at radius 1 is 1.37 bits per heavy atom. The summed E-state index contributed by atoms with van der Waals surface area (Å²) in [6.45, 7) is 0.661. The van der Waals surface area contributed by atoms with Crippen LogP contribution < -0.4 is 26.7 Å². The number of nitrogen functional groups attached to an aromatic ring is 2. The lowest BCUT2D eigenvalue weighted by Gasteiger charge is -2.49. The average molecular weight is 560 g/mol. The normalized spacial score (nSPS) is 23.0. The first-order valence-corrected chi connectivity index (χ1v) is 13.3. The highest BCUT2D eigenvalue weighted by molar-refractivity contribution is 8.00. The number of β-lactam (4-membered cyclic amide) rings is 1. The SMILES string of the molecule is Nc1ccc[n+](CC2=C(C(=O)O)N3C(=O)[C@@H](NC(=O)/C(=N\O[C@H]4CCNC4=O)c4csc(N)n4)[C@@H]3SC2)c1. The number of hydrogen-bond donors (Lipinski definition) is 5. The first-order valence-electron chi connectivity index (χ1n) is 11.4. The van der Waals surface area contributed by atoms with E-state index in [0.717, 1.165) is 11.3 Å². The molecule has 3 atom stereocenters. The van der Waals surface area contributed by atoms with Gasteiger partial charge < -0.3 is 32.0 Å². The number of pyridine rings is 1. The maximum Gasteiger partial charge on any atom is 0.352 e. The molecule has 5 rings (SSSR count). The largest absolute Gasteiger partial charge is 0.477 e. The van der Waals surface area contributed by atoms with E-state index in [0.29, 0.717) is 30.0 Å². The molecule has 0 bridgehead atoms. The minimum atomic E-state index is -1.24. The van der Waals surface area contributed by atoms with E-state index in [4.69, 9.17) is 16.3 Å². The zero-order valence-electron chi connectivity index (χ0n) is 19.7. The van der Waals surface area contributed by atoms with E-state index in [1.54, 1.807) is 29.1 Å². The van der Waals surface area contributed by atoms with Crippen molar-refractivity contribution in [3.8, 4) is 0 Å². The number of carbonyl (C=O) groups is 4. The van der Waals surface area contributed by atoms with Gasteiger partial charge in [-0.1, -0.05) is 5.16 Å². The van der Waals surface area contributed by atoms with Crippen LogP contribution in [0.25, 0.3) is 0 Å². The van der Waals surface area contributed by atoms with Crippen LogP contribution in [0.2, 0.25) is 0 Å². The highest BCUT2D eigenvalue weighted by atomic mass is 32.2. The molecule has 38 heavy (non-hydrogen) atoms. The van der Waals surface area contributed by atoms with E-state index in [1.807, 2.05) is 0 Å². The van der Waals surface area contributed by atoms with E-state index in [9.17, 15) is 24.3 Å². The lowest BCUT2D eigenvalue weighted by molar-refractivity contribution is -0.688. The van der Waals surface area contributed by atoms with Gasteiger partial charge in [-0.2, -0.15) is 4.57 Å². The number of amides is 3. The van der Waals surface area contributed by atoms with E-state index in [2.05, 4.69) is 20.8 Å². The monoisotopic (exact) mass is 559 g/mol. The molecule has 16 heteroatoms. The Morgan fingerprint density at radius 3 is 2.84 bits per heavy atom. The molecule has 198 valence electrons. The van der Waals surface area contributed by atoms with Crippen LogP contribution in [0.3, 0.4) is 0 Å². The Labute approximate surface area is 223 Å². The average Bonchev–Trinajstić information content (AvgIpc) is 3.50. The van der Waals surface area contributed by atoms with E-state index in [-0.39, 0.29) is 34.7 Å². The third-order valence-electron chi connectivity index (χ3n) is 6.04. The summed E-state index contributed by atoms with van der Waals surface area (Å²) in [4.78, 5) is 60.8. The number of rotatable bonds is 8. The molecule has 0 aliphatic carbocycles. The quantitative estimate of drug-likeness (QED) is 0.111. The van der Waals surface area contributed by atoms with Crippen molar-refractivity contribution in [2.75, 3.05) is 23.8 Å². The molecule has 7 N–H and O–H groups in total. The summed E-state index contributed by atoms with van der Waals surface area (Å²) >= 11 is 2.41. The molecule has 5 heterocycles. The van der Waals surface area contributed by atoms with Gasteiger partial charge in [0.15, 0.2) is 29.8 Å². The molecule has 0 unspecified atom stereocenters. The van der Waals surface area contributed by atoms with Gasteiger partial charge in [0.2, 0.25) is 6.10 Å². The molecule has 0 saturated carbocycles. The van der Waals surface area contributed by atoms with Gasteiger partial charge in [0.05, 0.1) is 5.69 Å². The fourth-order valence-corrected chi connectivity index (χ4v) is 6.15. The van der Waals surface area contributed by atoms with Crippen LogP contribution in [0.5, 0.6) is 0 Å². The number of hydrogen-bond acceptors (Lipinski definition) is 11. The highest BCUT2D eigenvalue weighted by Gasteiger charge is 2.54. The van der Waals surface area contributed by atoms with Crippen molar-refractivity contribution >= 4 is 63.3 Å². The van der Waals surface area contributed by atoms with Crippen LogP contribution in [0, 0.1) is 0 Å². The minimum absolute atomic E-state index is 0.115. The number of aromatic nitrogens is 2. The summed E-state index contributed by atoms with van der Waals surface area (Å²) in [6.07, 6.45) is 2.95. The van der Waals surface area contributed by atoms with Crippen molar-refractivity contribution in [3.63, 3.8) is 0 Å². The first kappa shape index (κ1) is 25.5. The van der Waals surface area contributed by atoms with E-state index >= 15 is 0 Å². The molecule has 2 fully saturated rings. The van der Waals surface area contributed by atoms with Crippen LogP contribution in [0.15, 0.2) is 46.3 Å². The lowest BCUT2D eigenvalue weighted by Crippen LogP contribution is -2.71. The molecule has 3 aliphatic heterocycles. The number of anilines is 2. The summed E-state index contributed by atoms with van der Waals surface area (Å²) in [5, 5.41) is 20.1. The zero-order chi connectivity index (χ0) is 27.0. The minimum Gasteiger partial charge on any atom is -0.477 e. The van der Waals surface area contributed by atoms with Gasteiger partial charge in [-0.15, -0.1) is 23.1 Å². The zero-order valence-corrected chi connectivity index (χ0v) is 21.3. The van der Waals surface area contributed by atoms with E-state index in [1.165, 1.54) is 22.0 Å². The van der Waals surface area contributed by atoms with Gasteiger partial charge in [0.25, 0.3) is 17.7 Å². The van der Waals surface area contributed by atoms with Crippen molar-refractivity contribution in [1.29, 1.82) is 0 Å². The number of aliphatic carboxylic acids is 1. The van der Waals surface area contributed by atoms with Crippen LogP contribution in [0.4, 0.5) is 10.8 Å². The predicted octanol–water partition coefficient (Wildman–Crippen LogP) is -1.36. The summed E-state index contributed by atoms with van der Waals surface area (Å²) < 4.78 is 1.74. The summed E-state index contributed by atoms with van der Waals surface area (Å²) in [7, 11) is 0. The molecular weight excluding hydrogens is 536 g/mol. The van der Waals surface area contributed by atoms with Crippen molar-refractivity contribution < 1.29 is 33.7 Å². The number of oxime groups is 1. The van der Waals surface area contributed by atoms with Gasteiger partial charge in [0.1, 0.15) is 22.8 Å². The molecule has 0 radical (unpaired) electrons. The number of fused-ring (bicyclic) bond motifs is 1. The van der Waals surface area contributed by atoms with Crippen LogP contribution in [-0.2, 0) is 30.6 Å².